The van der Waals surface area contributed by atoms with Crippen molar-refractivity contribution in [1.29, 1.82) is 0 Å². The largest absolute Gasteiger partial charge is 0.346 e. The number of nitrogens with one attached hydrogen (secondary N) is 1. The van der Waals surface area contributed by atoms with Gasteiger partial charge in [0.2, 0.25) is 0 Å². The second-order valence-electron chi connectivity index (χ2n) is 4.48. The normalized spacial score (nSPS) is 15.7. The molecule has 1 aliphatic rings. The van der Waals surface area contributed by atoms with Gasteiger partial charge in [-0.3, -0.25) is 0 Å². The molecule has 3 rings (SSSR count). The van der Waals surface area contributed by atoms with E-state index >= 15 is 0 Å². The number of aromatic nitrogens is 1. The number of piperazine rings is 1. The summed E-state index contributed by atoms with van der Waals surface area (Å²) in [5, 5.41) is 6.67. The van der Waals surface area contributed by atoms with Crippen molar-refractivity contribution in [2.45, 2.75) is 4.90 Å². The SMILES string of the molecule is CSc1ccc(-c2csc(N3CCNCC3)n2)cc1. The van der Waals surface area contributed by atoms with Crippen molar-refractivity contribution in [2.24, 2.45) is 0 Å². The van der Waals surface area contributed by atoms with Gasteiger partial charge in [-0.15, -0.1) is 23.1 Å². The van der Waals surface area contributed by atoms with Crippen LogP contribution < -0.4 is 10.2 Å². The third-order valence-electron chi connectivity index (χ3n) is 3.27. The Hall–Kier alpha value is -1.04. The molecule has 0 bridgehead atoms. The molecular formula is C14H17N3S2. The topological polar surface area (TPSA) is 28.2 Å². The Morgan fingerprint density at radius 3 is 2.63 bits per heavy atom. The number of rotatable bonds is 3. The van der Waals surface area contributed by atoms with E-state index in [2.05, 4.69) is 46.1 Å². The van der Waals surface area contributed by atoms with Crippen molar-refractivity contribution < 1.29 is 0 Å². The maximum Gasteiger partial charge on any atom is 0.185 e. The van der Waals surface area contributed by atoms with Gasteiger partial charge in [-0.2, -0.15) is 0 Å². The molecule has 3 nitrogen and oxygen atoms in total. The molecule has 1 aromatic heterocycles. The van der Waals surface area contributed by atoms with Gasteiger partial charge in [0.25, 0.3) is 0 Å². The van der Waals surface area contributed by atoms with Crippen LogP contribution in [0.2, 0.25) is 0 Å². The van der Waals surface area contributed by atoms with E-state index in [1.807, 2.05) is 0 Å². The highest BCUT2D eigenvalue weighted by molar-refractivity contribution is 7.98. The number of thioether (sulfide) groups is 1. The number of anilines is 1. The summed E-state index contributed by atoms with van der Waals surface area (Å²) in [7, 11) is 0. The van der Waals surface area contributed by atoms with E-state index in [0.29, 0.717) is 0 Å². The summed E-state index contributed by atoms with van der Waals surface area (Å²) in [5.41, 5.74) is 2.29. The minimum absolute atomic E-state index is 1.05. The van der Waals surface area contributed by atoms with Gasteiger partial charge in [0.1, 0.15) is 0 Å². The molecule has 1 aromatic carbocycles. The van der Waals surface area contributed by atoms with Crippen LogP contribution >= 0.6 is 23.1 Å². The molecule has 0 spiro atoms. The van der Waals surface area contributed by atoms with Crippen LogP contribution in [0, 0.1) is 0 Å². The lowest BCUT2D eigenvalue weighted by molar-refractivity contribution is 0.588. The van der Waals surface area contributed by atoms with Crippen LogP contribution in [0.4, 0.5) is 5.13 Å². The van der Waals surface area contributed by atoms with E-state index in [4.69, 9.17) is 4.98 Å². The minimum atomic E-state index is 1.05. The number of hydrogen-bond acceptors (Lipinski definition) is 5. The van der Waals surface area contributed by atoms with Crippen molar-refractivity contribution in [3.63, 3.8) is 0 Å². The monoisotopic (exact) mass is 291 g/mol. The summed E-state index contributed by atoms with van der Waals surface area (Å²) in [4.78, 5) is 8.42. The second-order valence-corrected chi connectivity index (χ2v) is 6.20. The molecule has 1 N–H and O–H groups in total. The van der Waals surface area contributed by atoms with E-state index in [1.165, 1.54) is 10.5 Å². The van der Waals surface area contributed by atoms with Crippen LogP contribution in [0.3, 0.4) is 0 Å². The average Bonchev–Trinajstić information content (AvgIpc) is 2.98. The van der Waals surface area contributed by atoms with Crippen LogP contribution in [-0.2, 0) is 0 Å². The summed E-state index contributed by atoms with van der Waals surface area (Å²) in [5.74, 6) is 0. The first-order chi connectivity index (χ1) is 9.36. The van der Waals surface area contributed by atoms with E-state index < -0.39 is 0 Å². The predicted molar refractivity (Wildman–Crippen MR) is 84.4 cm³/mol. The van der Waals surface area contributed by atoms with E-state index in [0.717, 1.165) is 37.0 Å². The Kier molecular flexibility index (Phi) is 4.06. The van der Waals surface area contributed by atoms with Gasteiger partial charge in [-0.1, -0.05) is 12.1 Å². The lowest BCUT2D eigenvalue weighted by atomic mass is 10.2. The molecule has 100 valence electrons. The highest BCUT2D eigenvalue weighted by atomic mass is 32.2. The van der Waals surface area contributed by atoms with Crippen LogP contribution in [0.1, 0.15) is 0 Å². The number of benzene rings is 1. The Morgan fingerprint density at radius 2 is 1.95 bits per heavy atom. The first kappa shape index (κ1) is 13.0. The first-order valence-electron chi connectivity index (χ1n) is 6.42. The van der Waals surface area contributed by atoms with Gasteiger partial charge < -0.3 is 10.2 Å². The van der Waals surface area contributed by atoms with Crippen LogP contribution in [0.15, 0.2) is 34.5 Å². The zero-order valence-corrected chi connectivity index (χ0v) is 12.6. The average molecular weight is 291 g/mol. The minimum Gasteiger partial charge on any atom is -0.346 e. The van der Waals surface area contributed by atoms with Crippen molar-refractivity contribution in [3.05, 3.63) is 29.6 Å². The summed E-state index contributed by atoms with van der Waals surface area (Å²) in [6.07, 6.45) is 2.10. The van der Waals surface area contributed by atoms with Crippen molar-refractivity contribution in [1.82, 2.24) is 10.3 Å². The van der Waals surface area contributed by atoms with Gasteiger partial charge in [-0.25, -0.2) is 4.98 Å². The quantitative estimate of drug-likeness (QED) is 0.880. The van der Waals surface area contributed by atoms with Gasteiger partial charge in [0.05, 0.1) is 5.69 Å². The van der Waals surface area contributed by atoms with Crippen LogP contribution in [-0.4, -0.2) is 37.4 Å². The predicted octanol–water partition coefficient (Wildman–Crippen LogP) is 2.94. The van der Waals surface area contributed by atoms with Crippen molar-refractivity contribution >= 4 is 28.2 Å². The van der Waals surface area contributed by atoms with Crippen molar-refractivity contribution in [3.8, 4) is 11.3 Å². The van der Waals surface area contributed by atoms with Crippen LogP contribution in [0.5, 0.6) is 0 Å². The number of thiazole rings is 1. The van der Waals surface area contributed by atoms with Crippen molar-refractivity contribution in [2.75, 3.05) is 37.3 Å². The lowest BCUT2D eigenvalue weighted by Gasteiger charge is -2.26. The molecule has 1 fully saturated rings. The fourth-order valence-electron chi connectivity index (χ4n) is 2.16. The Morgan fingerprint density at radius 1 is 1.21 bits per heavy atom. The molecule has 0 radical (unpaired) electrons. The summed E-state index contributed by atoms with van der Waals surface area (Å²) >= 11 is 3.51. The highest BCUT2D eigenvalue weighted by Gasteiger charge is 2.14. The summed E-state index contributed by atoms with van der Waals surface area (Å²) in [6.45, 7) is 4.21. The van der Waals surface area contributed by atoms with Gasteiger partial charge in [0.15, 0.2) is 5.13 Å². The van der Waals surface area contributed by atoms with E-state index in [1.54, 1.807) is 23.1 Å². The Labute approximate surface area is 122 Å². The fourth-order valence-corrected chi connectivity index (χ4v) is 3.46. The zero-order valence-electron chi connectivity index (χ0n) is 10.9. The van der Waals surface area contributed by atoms with Gasteiger partial charge >= 0.3 is 0 Å². The standard InChI is InChI=1S/C14H17N3S2/c1-18-12-4-2-11(3-5-12)13-10-19-14(16-13)17-8-6-15-7-9-17/h2-5,10,15H,6-9H2,1H3. The number of nitrogens with zero attached hydrogens (tertiary/aromatic N) is 2. The third kappa shape index (κ3) is 2.94. The molecule has 19 heavy (non-hydrogen) atoms. The van der Waals surface area contributed by atoms with Gasteiger partial charge in [-0.05, 0) is 18.4 Å². The highest BCUT2D eigenvalue weighted by Crippen LogP contribution is 2.28. The molecule has 0 aliphatic carbocycles. The first-order valence-corrected chi connectivity index (χ1v) is 8.53. The lowest BCUT2D eigenvalue weighted by Crippen LogP contribution is -2.43. The summed E-state index contributed by atoms with van der Waals surface area (Å²) in [6, 6.07) is 8.62. The molecule has 0 atom stereocenters. The smallest absolute Gasteiger partial charge is 0.185 e. The Bertz CT molecular complexity index is 530. The van der Waals surface area contributed by atoms with Gasteiger partial charge in [0, 0.05) is 42.0 Å². The van der Waals surface area contributed by atoms with E-state index in [-0.39, 0.29) is 0 Å². The molecule has 1 saturated heterocycles. The molecular weight excluding hydrogens is 274 g/mol. The molecule has 5 heteroatoms. The number of hydrogen-bond donors (Lipinski definition) is 1. The Balaban J connectivity index is 1.79. The maximum atomic E-state index is 4.77. The molecule has 0 amide bonds. The fraction of sp³-hybridized carbons (Fsp3) is 0.357. The molecule has 2 aromatic rings. The second kappa shape index (κ2) is 5.94. The molecule has 0 unspecified atom stereocenters. The third-order valence-corrected chi connectivity index (χ3v) is 4.91. The summed E-state index contributed by atoms with van der Waals surface area (Å²) < 4.78 is 0. The van der Waals surface area contributed by atoms with E-state index in [9.17, 15) is 0 Å². The molecule has 0 saturated carbocycles. The molecule has 2 heterocycles. The zero-order chi connectivity index (χ0) is 13.1. The maximum absolute atomic E-state index is 4.77. The van der Waals surface area contributed by atoms with Crippen LogP contribution in [0.25, 0.3) is 11.3 Å². The molecule has 1 aliphatic heterocycles.